The monoisotopic (exact) mass is 492 g/mol. The second-order valence-electron chi connectivity index (χ2n) is 8.99. The summed E-state index contributed by atoms with van der Waals surface area (Å²) in [5, 5.41) is 0. The molecule has 2 aliphatic heterocycles. The van der Waals surface area contributed by atoms with Crippen LogP contribution in [-0.2, 0) is 37.3 Å². The van der Waals surface area contributed by atoms with Crippen molar-refractivity contribution in [3.05, 3.63) is 24.0 Å². The van der Waals surface area contributed by atoms with Crippen LogP contribution in [0.1, 0.15) is 45.4 Å². The molecule has 1 unspecified atom stereocenters. The standard InChI is InChI=1S/C24H36N4O5S/c1-3-11-28-22-8-7-20(34(30,31)27-13-15-32-16-14-27)17-21(22)25-23(28)9-10-24(29)33-19-6-5-12-26(4-2)18-19/h7-8,17,19H,3-6,9-16,18H2,1-2H3. The molecule has 2 aliphatic rings. The van der Waals surface area contributed by atoms with Crippen molar-refractivity contribution < 1.29 is 22.7 Å². The Morgan fingerprint density at radius 3 is 2.74 bits per heavy atom. The number of morpholine rings is 1. The van der Waals surface area contributed by atoms with E-state index in [4.69, 9.17) is 14.5 Å². The number of hydrogen-bond donors (Lipinski definition) is 0. The number of aromatic nitrogens is 2. The number of sulfonamides is 1. The van der Waals surface area contributed by atoms with Gasteiger partial charge in [0.25, 0.3) is 0 Å². The maximum atomic E-state index is 13.1. The lowest BCUT2D eigenvalue weighted by atomic mass is 10.1. The Labute approximate surface area is 202 Å². The predicted octanol–water partition coefficient (Wildman–Crippen LogP) is 2.43. The smallest absolute Gasteiger partial charge is 0.306 e. The van der Waals surface area contributed by atoms with E-state index < -0.39 is 10.0 Å². The highest BCUT2D eigenvalue weighted by Gasteiger charge is 2.27. The van der Waals surface area contributed by atoms with Crippen molar-refractivity contribution >= 4 is 27.0 Å². The number of hydrogen-bond acceptors (Lipinski definition) is 7. The number of imidazole rings is 1. The van der Waals surface area contributed by atoms with Crippen molar-refractivity contribution in [2.24, 2.45) is 0 Å². The molecular weight excluding hydrogens is 456 g/mol. The summed E-state index contributed by atoms with van der Waals surface area (Å²) in [6.45, 7) is 9.33. The Hall–Kier alpha value is -2.01. The molecule has 34 heavy (non-hydrogen) atoms. The Bertz CT molecular complexity index is 1090. The third-order valence-electron chi connectivity index (χ3n) is 6.61. The number of likely N-dealkylation sites (tertiary alicyclic amines) is 1. The predicted molar refractivity (Wildman–Crippen MR) is 129 cm³/mol. The quantitative estimate of drug-likeness (QED) is 0.496. The first-order valence-electron chi connectivity index (χ1n) is 12.4. The summed E-state index contributed by atoms with van der Waals surface area (Å²) >= 11 is 0. The van der Waals surface area contributed by atoms with E-state index in [1.54, 1.807) is 12.1 Å². The molecule has 1 aromatic carbocycles. The van der Waals surface area contributed by atoms with Crippen molar-refractivity contribution in [2.75, 3.05) is 45.9 Å². The molecule has 9 nitrogen and oxygen atoms in total. The van der Waals surface area contributed by atoms with Gasteiger partial charge in [-0.25, -0.2) is 13.4 Å². The number of rotatable bonds is 9. The highest BCUT2D eigenvalue weighted by Crippen LogP contribution is 2.25. The number of piperidine rings is 1. The number of likely N-dealkylation sites (N-methyl/N-ethyl adjacent to an activating group) is 1. The molecule has 4 rings (SSSR count). The van der Waals surface area contributed by atoms with E-state index >= 15 is 0 Å². The van der Waals surface area contributed by atoms with Gasteiger partial charge >= 0.3 is 5.97 Å². The van der Waals surface area contributed by atoms with E-state index in [9.17, 15) is 13.2 Å². The van der Waals surface area contributed by atoms with Gasteiger partial charge in [0.2, 0.25) is 10.0 Å². The Balaban J connectivity index is 1.48. The van der Waals surface area contributed by atoms with Gasteiger partial charge < -0.3 is 14.0 Å². The fraction of sp³-hybridized carbons (Fsp3) is 0.667. The van der Waals surface area contributed by atoms with Crippen LogP contribution in [0.5, 0.6) is 0 Å². The number of benzene rings is 1. The molecule has 2 aromatic rings. The van der Waals surface area contributed by atoms with E-state index in [0.717, 1.165) is 56.8 Å². The van der Waals surface area contributed by atoms with E-state index in [1.807, 2.05) is 6.07 Å². The number of carbonyl (C=O) groups is 1. The summed E-state index contributed by atoms with van der Waals surface area (Å²) in [6, 6.07) is 5.13. The second-order valence-corrected chi connectivity index (χ2v) is 10.9. The molecule has 10 heteroatoms. The summed E-state index contributed by atoms with van der Waals surface area (Å²) in [5.74, 6) is 0.585. The number of fused-ring (bicyclic) bond motifs is 1. The lowest BCUT2D eigenvalue weighted by Crippen LogP contribution is -2.40. The van der Waals surface area contributed by atoms with Gasteiger partial charge in [-0.3, -0.25) is 9.69 Å². The number of nitrogens with zero attached hydrogens (tertiary/aromatic N) is 4. The zero-order chi connectivity index (χ0) is 24.1. The molecule has 1 atom stereocenters. The van der Waals surface area contributed by atoms with Gasteiger partial charge in [0, 0.05) is 32.6 Å². The zero-order valence-electron chi connectivity index (χ0n) is 20.2. The van der Waals surface area contributed by atoms with Crippen molar-refractivity contribution in [1.82, 2.24) is 18.8 Å². The van der Waals surface area contributed by atoms with Crippen LogP contribution < -0.4 is 0 Å². The first kappa shape index (κ1) is 25.1. The largest absolute Gasteiger partial charge is 0.461 e. The van der Waals surface area contributed by atoms with Crippen LogP contribution in [0.3, 0.4) is 0 Å². The Kier molecular flexibility index (Phi) is 8.23. The maximum Gasteiger partial charge on any atom is 0.306 e. The van der Waals surface area contributed by atoms with Crippen LogP contribution in [0, 0.1) is 0 Å². The van der Waals surface area contributed by atoms with Crippen molar-refractivity contribution in [1.29, 1.82) is 0 Å². The minimum absolute atomic E-state index is 0.0383. The molecule has 1 aromatic heterocycles. The molecule has 0 aliphatic carbocycles. The van der Waals surface area contributed by atoms with E-state index in [-0.39, 0.29) is 23.4 Å². The molecule has 0 saturated carbocycles. The van der Waals surface area contributed by atoms with Crippen LogP contribution in [0.4, 0.5) is 0 Å². The molecule has 0 amide bonds. The molecule has 0 bridgehead atoms. The Morgan fingerprint density at radius 2 is 2.00 bits per heavy atom. The topological polar surface area (TPSA) is 94.0 Å². The van der Waals surface area contributed by atoms with Crippen LogP contribution >= 0.6 is 0 Å². The summed E-state index contributed by atoms with van der Waals surface area (Å²) in [5.41, 5.74) is 1.52. The Morgan fingerprint density at radius 1 is 1.21 bits per heavy atom. The molecule has 2 saturated heterocycles. The average molecular weight is 493 g/mol. The molecular formula is C24H36N4O5S. The van der Waals surface area contributed by atoms with E-state index in [0.29, 0.717) is 38.2 Å². The van der Waals surface area contributed by atoms with Crippen molar-refractivity contribution in [3.63, 3.8) is 0 Å². The maximum absolute atomic E-state index is 13.1. The first-order chi connectivity index (χ1) is 16.4. The molecule has 0 N–H and O–H groups in total. The summed E-state index contributed by atoms with van der Waals surface area (Å²) in [7, 11) is -3.59. The molecule has 3 heterocycles. The molecule has 0 radical (unpaired) electrons. The minimum atomic E-state index is -3.59. The molecule has 2 fully saturated rings. The SMILES string of the molecule is CCCn1c(CCC(=O)OC2CCCN(CC)C2)nc2cc(S(=O)(=O)N3CCOCC3)ccc21. The minimum Gasteiger partial charge on any atom is -0.461 e. The number of ether oxygens (including phenoxy) is 2. The van der Waals surface area contributed by atoms with Crippen molar-refractivity contribution in [3.8, 4) is 0 Å². The lowest BCUT2D eigenvalue weighted by molar-refractivity contribution is -0.151. The third-order valence-corrected chi connectivity index (χ3v) is 8.51. The number of carbonyl (C=O) groups excluding carboxylic acids is 1. The fourth-order valence-electron chi connectivity index (χ4n) is 4.78. The van der Waals surface area contributed by atoms with Gasteiger partial charge in [0.05, 0.1) is 35.6 Å². The fourth-order valence-corrected chi connectivity index (χ4v) is 6.20. The van der Waals surface area contributed by atoms with Gasteiger partial charge in [-0.05, 0) is 50.6 Å². The van der Waals surface area contributed by atoms with Crippen molar-refractivity contribution in [2.45, 2.75) is 63.5 Å². The van der Waals surface area contributed by atoms with Crippen LogP contribution in [0.25, 0.3) is 11.0 Å². The normalized spacial score (nSPS) is 20.6. The lowest BCUT2D eigenvalue weighted by Gasteiger charge is -2.31. The number of aryl methyl sites for hydroxylation is 2. The van der Waals surface area contributed by atoms with Gasteiger partial charge in [-0.1, -0.05) is 13.8 Å². The highest BCUT2D eigenvalue weighted by molar-refractivity contribution is 7.89. The molecule has 0 spiro atoms. The van der Waals surface area contributed by atoms with E-state index in [2.05, 4.69) is 23.3 Å². The summed E-state index contributed by atoms with van der Waals surface area (Å²) < 4.78 is 40.7. The molecule has 188 valence electrons. The second kappa shape index (κ2) is 11.2. The van der Waals surface area contributed by atoms with E-state index in [1.165, 1.54) is 4.31 Å². The van der Waals surface area contributed by atoms with Gasteiger partial charge in [0.1, 0.15) is 11.9 Å². The van der Waals surface area contributed by atoms with Crippen LogP contribution in [-0.4, -0.2) is 85.2 Å². The summed E-state index contributed by atoms with van der Waals surface area (Å²) in [6.07, 6.45) is 3.55. The highest BCUT2D eigenvalue weighted by atomic mass is 32.2. The van der Waals surface area contributed by atoms with Gasteiger partial charge in [-0.2, -0.15) is 4.31 Å². The summed E-state index contributed by atoms with van der Waals surface area (Å²) in [4.78, 5) is 19.8. The van der Waals surface area contributed by atoms with Gasteiger partial charge in [-0.15, -0.1) is 0 Å². The van der Waals surface area contributed by atoms with Gasteiger partial charge in [0.15, 0.2) is 0 Å². The van der Waals surface area contributed by atoms with Crippen LogP contribution in [0.15, 0.2) is 23.1 Å². The zero-order valence-corrected chi connectivity index (χ0v) is 21.1. The average Bonchev–Trinajstić information content (AvgIpc) is 3.20. The van der Waals surface area contributed by atoms with Crippen LogP contribution in [0.2, 0.25) is 0 Å². The third kappa shape index (κ3) is 5.62. The number of esters is 1. The first-order valence-corrected chi connectivity index (χ1v) is 13.8.